The lowest BCUT2D eigenvalue weighted by Gasteiger charge is -2.22. The van der Waals surface area contributed by atoms with Crippen LogP contribution in [0, 0.1) is 0 Å². The molecular weight excluding hydrogens is 272 g/mol. The van der Waals surface area contributed by atoms with E-state index in [1.165, 1.54) is 0 Å². The lowest BCUT2D eigenvalue weighted by atomic mass is 9.96. The van der Waals surface area contributed by atoms with Crippen molar-refractivity contribution >= 4 is 5.95 Å². The molecule has 0 spiro atoms. The topological polar surface area (TPSA) is 116 Å². The maximum absolute atomic E-state index is 5.73. The van der Waals surface area contributed by atoms with Crippen LogP contribution in [-0.4, -0.2) is 31.9 Å². The number of hydrogen-bond donors (Lipinski definition) is 2. The lowest BCUT2D eigenvalue weighted by Crippen LogP contribution is -2.20. The molecule has 0 amide bonds. The number of aromatic amines is 1. The van der Waals surface area contributed by atoms with E-state index in [4.69, 9.17) is 15.0 Å². The second kappa shape index (κ2) is 4.58. The molecule has 3 heterocycles. The van der Waals surface area contributed by atoms with Crippen molar-refractivity contribution < 1.29 is 9.26 Å². The van der Waals surface area contributed by atoms with Crippen LogP contribution in [0.5, 0.6) is 5.75 Å². The fourth-order valence-corrected chi connectivity index (χ4v) is 2.36. The lowest BCUT2D eigenvalue weighted by molar-refractivity contribution is 0.254. The molecule has 0 fully saturated rings. The Kier molecular flexibility index (Phi) is 2.59. The van der Waals surface area contributed by atoms with E-state index >= 15 is 0 Å². The highest BCUT2D eigenvalue weighted by Crippen LogP contribution is 2.31. The Morgan fingerprint density at radius 1 is 1.24 bits per heavy atom. The van der Waals surface area contributed by atoms with Crippen LogP contribution in [-0.2, 0) is 6.42 Å². The first-order chi connectivity index (χ1) is 10.3. The molecule has 21 heavy (non-hydrogen) atoms. The van der Waals surface area contributed by atoms with Crippen LogP contribution in [0.4, 0.5) is 5.95 Å². The smallest absolute Gasteiger partial charge is 0.295 e. The number of anilines is 1. The van der Waals surface area contributed by atoms with Crippen molar-refractivity contribution in [2.45, 2.75) is 12.3 Å². The Morgan fingerprint density at radius 2 is 2.14 bits per heavy atom. The molecule has 0 saturated carbocycles. The van der Waals surface area contributed by atoms with Gasteiger partial charge in [-0.3, -0.25) is 5.10 Å². The highest BCUT2D eigenvalue weighted by atomic mass is 16.5. The van der Waals surface area contributed by atoms with Crippen molar-refractivity contribution in [3.8, 4) is 17.5 Å². The van der Waals surface area contributed by atoms with Crippen LogP contribution in [0.15, 0.2) is 28.8 Å². The number of rotatable bonds is 2. The first-order valence-corrected chi connectivity index (χ1v) is 6.52. The molecule has 8 heteroatoms. The predicted molar refractivity (Wildman–Crippen MR) is 72.5 cm³/mol. The third kappa shape index (κ3) is 2.10. The van der Waals surface area contributed by atoms with Gasteiger partial charge in [0.25, 0.3) is 5.89 Å². The van der Waals surface area contributed by atoms with E-state index in [2.05, 4.69) is 25.3 Å². The molecule has 1 aliphatic heterocycles. The summed E-state index contributed by atoms with van der Waals surface area (Å²) in [7, 11) is 0. The van der Waals surface area contributed by atoms with E-state index < -0.39 is 0 Å². The van der Waals surface area contributed by atoms with Crippen LogP contribution in [0.2, 0.25) is 0 Å². The summed E-state index contributed by atoms with van der Waals surface area (Å²) in [6.45, 7) is 0.522. The molecule has 0 radical (unpaired) electrons. The minimum atomic E-state index is 0.0534. The number of fused-ring (bicyclic) bond motifs is 1. The molecule has 106 valence electrons. The summed E-state index contributed by atoms with van der Waals surface area (Å²) in [5.41, 5.74) is 6.60. The zero-order valence-corrected chi connectivity index (χ0v) is 11.0. The van der Waals surface area contributed by atoms with Crippen LogP contribution < -0.4 is 10.5 Å². The monoisotopic (exact) mass is 284 g/mol. The second-order valence-electron chi connectivity index (χ2n) is 4.82. The van der Waals surface area contributed by atoms with Gasteiger partial charge in [0.2, 0.25) is 11.8 Å². The maximum atomic E-state index is 5.73. The van der Waals surface area contributed by atoms with Gasteiger partial charge in [0.1, 0.15) is 5.75 Å². The van der Waals surface area contributed by atoms with Gasteiger partial charge >= 0.3 is 0 Å². The van der Waals surface area contributed by atoms with Gasteiger partial charge in [-0.2, -0.15) is 9.97 Å². The van der Waals surface area contributed by atoms with Gasteiger partial charge in [-0.25, -0.2) is 0 Å². The van der Waals surface area contributed by atoms with Crippen LogP contribution >= 0.6 is 0 Å². The Hall–Kier alpha value is -2.90. The minimum absolute atomic E-state index is 0.0534. The van der Waals surface area contributed by atoms with Crippen molar-refractivity contribution in [1.29, 1.82) is 0 Å². The maximum Gasteiger partial charge on any atom is 0.295 e. The predicted octanol–water partition coefficient (Wildman–Crippen LogP) is 1.16. The van der Waals surface area contributed by atoms with Gasteiger partial charge < -0.3 is 15.0 Å². The third-order valence-corrected chi connectivity index (χ3v) is 3.39. The SMILES string of the molecule is Nc1n[nH]c(-c2nc(C3COc4ccccc4C3)no2)n1. The summed E-state index contributed by atoms with van der Waals surface area (Å²) in [6.07, 6.45) is 0.813. The molecule has 1 unspecified atom stereocenters. The van der Waals surface area contributed by atoms with Crippen molar-refractivity contribution in [3.05, 3.63) is 35.7 Å². The van der Waals surface area contributed by atoms with Gasteiger partial charge in [0.15, 0.2) is 5.82 Å². The summed E-state index contributed by atoms with van der Waals surface area (Å²) in [4.78, 5) is 8.30. The zero-order valence-electron chi connectivity index (χ0n) is 11.0. The van der Waals surface area contributed by atoms with Crippen molar-refractivity contribution in [1.82, 2.24) is 25.3 Å². The molecular formula is C13H12N6O2. The summed E-state index contributed by atoms with van der Waals surface area (Å²) in [5, 5.41) is 10.4. The van der Waals surface area contributed by atoms with Crippen molar-refractivity contribution in [3.63, 3.8) is 0 Å². The van der Waals surface area contributed by atoms with Crippen LogP contribution in [0.3, 0.4) is 0 Å². The number of benzene rings is 1. The number of para-hydroxylation sites is 1. The van der Waals surface area contributed by atoms with E-state index in [1.54, 1.807) is 0 Å². The van der Waals surface area contributed by atoms with E-state index in [0.717, 1.165) is 17.7 Å². The minimum Gasteiger partial charge on any atom is -0.493 e. The number of hydrogen-bond acceptors (Lipinski definition) is 7. The molecule has 3 N–H and O–H groups in total. The first kappa shape index (κ1) is 11.9. The van der Waals surface area contributed by atoms with E-state index in [9.17, 15) is 0 Å². The molecule has 8 nitrogen and oxygen atoms in total. The van der Waals surface area contributed by atoms with Gasteiger partial charge in [0.05, 0.1) is 12.5 Å². The van der Waals surface area contributed by atoms with Crippen LogP contribution in [0.1, 0.15) is 17.3 Å². The molecule has 2 aromatic heterocycles. The fraction of sp³-hybridized carbons (Fsp3) is 0.231. The van der Waals surface area contributed by atoms with Crippen molar-refractivity contribution in [2.75, 3.05) is 12.3 Å². The fourth-order valence-electron chi connectivity index (χ4n) is 2.36. The van der Waals surface area contributed by atoms with Gasteiger partial charge in [-0.05, 0) is 18.1 Å². The summed E-state index contributed by atoms with van der Waals surface area (Å²) < 4.78 is 10.9. The number of nitrogens with two attached hydrogens (primary N) is 1. The normalized spacial score (nSPS) is 17.2. The van der Waals surface area contributed by atoms with E-state index in [-0.39, 0.29) is 17.8 Å². The number of ether oxygens (including phenoxy) is 1. The highest BCUT2D eigenvalue weighted by molar-refractivity contribution is 5.42. The standard InChI is InChI=1S/C13H12N6O2/c14-13-16-11(17-18-13)12-15-10(19-21-12)8-5-7-3-1-2-4-9(7)20-6-8/h1-4,8H,5-6H2,(H3,14,16,17,18). The number of aromatic nitrogens is 5. The molecule has 0 bridgehead atoms. The summed E-state index contributed by atoms with van der Waals surface area (Å²) >= 11 is 0. The van der Waals surface area contributed by atoms with E-state index in [1.807, 2.05) is 24.3 Å². The third-order valence-electron chi connectivity index (χ3n) is 3.39. The molecule has 1 atom stereocenters. The van der Waals surface area contributed by atoms with Crippen LogP contribution in [0.25, 0.3) is 11.7 Å². The number of nitrogens with zero attached hydrogens (tertiary/aromatic N) is 4. The molecule has 1 aromatic carbocycles. The Bertz CT molecular complexity index is 780. The van der Waals surface area contributed by atoms with Crippen molar-refractivity contribution in [2.24, 2.45) is 0 Å². The van der Waals surface area contributed by atoms with Gasteiger partial charge in [-0.15, -0.1) is 5.10 Å². The second-order valence-corrected chi connectivity index (χ2v) is 4.82. The highest BCUT2D eigenvalue weighted by Gasteiger charge is 2.26. The summed E-state index contributed by atoms with van der Waals surface area (Å²) in [6, 6.07) is 7.95. The Balaban J connectivity index is 1.60. The average molecular weight is 284 g/mol. The largest absolute Gasteiger partial charge is 0.493 e. The molecule has 0 saturated heterocycles. The molecule has 1 aliphatic rings. The number of nitrogen functional groups attached to an aromatic ring is 1. The number of nitrogens with one attached hydrogen (secondary N) is 1. The van der Waals surface area contributed by atoms with Gasteiger partial charge in [0, 0.05) is 0 Å². The Labute approximate surface area is 119 Å². The molecule has 0 aliphatic carbocycles. The summed E-state index contributed by atoms with van der Waals surface area (Å²) in [5.74, 6) is 2.34. The first-order valence-electron chi connectivity index (χ1n) is 6.52. The molecule has 3 aromatic rings. The quantitative estimate of drug-likeness (QED) is 0.725. The van der Waals surface area contributed by atoms with E-state index in [0.29, 0.717) is 18.3 Å². The average Bonchev–Trinajstić information content (AvgIpc) is 3.15. The molecule has 4 rings (SSSR count). The Morgan fingerprint density at radius 3 is 3.00 bits per heavy atom. The zero-order chi connectivity index (χ0) is 14.2. The number of H-pyrrole nitrogens is 1. The van der Waals surface area contributed by atoms with Gasteiger partial charge in [-0.1, -0.05) is 23.4 Å².